The van der Waals surface area contributed by atoms with Crippen molar-refractivity contribution >= 4 is 9.84 Å². The monoisotopic (exact) mass is 261 g/mol. The van der Waals surface area contributed by atoms with Gasteiger partial charge in [0.1, 0.15) is 0 Å². The Balaban J connectivity index is 2.19. The predicted molar refractivity (Wildman–Crippen MR) is 73.0 cm³/mol. The summed E-state index contributed by atoms with van der Waals surface area (Å²) in [5.74, 6) is 0.805. The third kappa shape index (κ3) is 5.38. The molecular formula is C13H27NO2S. The van der Waals surface area contributed by atoms with Crippen LogP contribution in [0.1, 0.15) is 53.4 Å². The summed E-state index contributed by atoms with van der Waals surface area (Å²) in [6.07, 6.45) is 4.49. The van der Waals surface area contributed by atoms with Gasteiger partial charge in [0.05, 0.1) is 10.5 Å². The van der Waals surface area contributed by atoms with Crippen molar-refractivity contribution in [2.24, 2.45) is 5.92 Å². The Morgan fingerprint density at radius 3 is 2.29 bits per heavy atom. The van der Waals surface area contributed by atoms with Crippen LogP contribution in [-0.4, -0.2) is 31.5 Å². The molecule has 1 unspecified atom stereocenters. The van der Waals surface area contributed by atoms with Crippen molar-refractivity contribution < 1.29 is 8.42 Å². The number of hydrogen-bond donors (Lipinski definition) is 1. The van der Waals surface area contributed by atoms with Crippen molar-refractivity contribution in [2.45, 2.75) is 64.2 Å². The van der Waals surface area contributed by atoms with Crippen molar-refractivity contribution in [2.75, 3.05) is 12.3 Å². The van der Waals surface area contributed by atoms with Crippen molar-refractivity contribution in [1.29, 1.82) is 0 Å². The fraction of sp³-hybridized carbons (Fsp3) is 1.00. The maximum Gasteiger partial charge on any atom is 0.155 e. The van der Waals surface area contributed by atoms with Crippen LogP contribution < -0.4 is 5.32 Å². The molecule has 0 saturated heterocycles. The summed E-state index contributed by atoms with van der Waals surface area (Å²) in [5.41, 5.74) is 0. The van der Waals surface area contributed by atoms with Crippen LogP contribution >= 0.6 is 0 Å². The molecule has 0 heterocycles. The maximum absolute atomic E-state index is 11.9. The molecular weight excluding hydrogens is 234 g/mol. The van der Waals surface area contributed by atoms with Gasteiger partial charge in [0, 0.05) is 6.04 Å². The Labute approximate surface area is 106 Å². The molecule has 0 aromatic carbocycles. The summed E-state index contributed by atoms with van der Waals surface area (Å²) in [7, 11) is -2.94. The van der Waals surface area contributed by atoms with Crippen LogP contribution in [0, 0.1) is 5.92 Å². The van der Waals surface area contributed by atoms with E-state index in [0.29, 0.717) is 11.7 Å². The molecule has 3 nitrogen and oxygen atoms in total. The Morgan fingerprint density at radius 1 is 1.24 bits per heavy atom. The second-order valence-electron chi connectivity index (χ2n) is 6.34. The van der Waals surface area contributed by atoms with Gasteiger partial charge in [-0.15, -0.1) is 0 Å². The Bertz CT molecular complexity index is 326. The molecule has 1 aliphatic rings. The molecule has 0 aromatic heterocycles. The predicted octanol–water partition coefficient (Wildman–Crippen LogP) is 2.37. The van der Waals surface area contributed by atoms with E-state index in [2.05, 4.69) is 12.2 Å². The van der Waals surface area contributed by atoms with Gasteiger partial charge in [-0.25, -0.2) is 8.42 Å². The quantitative estimate of drug-likeness (QED) is 0.765. The lowest BCUT2D eigenvalue weighted by Gasteiger charge is -2.20. The average Bonchev–Trinajstić information content (AvgIpc) is 2.97. The Morgan fingerprint density at radius 2 is 1.82 bits per heavy atom. The number of hydrogen-bond acceptors (Lipinski definition) is 3. The molecule has 0 radical (unpaired) electrons. The van der Waals surface area contributed by atoms with E-state index in [1.807, 2.05) is 0 Å². The Kier molecular flexibility index (Phi) is 5.02. The SMILES string of the molecule is CC(CCNC1CC1)CCS(=O)(=O)C(C)(C)C. The standard InChI is InChI=1S/C13H27NO2S/c1-11(7-9-14-12-5-6-12)8-10-17(15,16)13(2,3)4/h11-12,14H,5-10H2,1-4H3. The van der Waals surface area contributed by atoms with Crippen LogP contribution in [0.2, 0.25) is 0 Å². The molecule has 0 amide bonds. The van der Waals surface area contributed by atoms with E-state index in [1.54, 1.807) is 20.8 Å². The maximum atomic E-state index is 11.9. The second-order valence-corrected chi connectivity index (χ2v) is 9.20. The number of sulfone groups is 1. The van der Waals surface area contributed by atoms with Crippen molar-refractivity contribution in [3.05, 3.63) is 0 Å². The summed E-state index contributed by atoms with van der Waals surface area (Å²) in [6.45, 7) is 8.51. The minimum Gasteiger partial charge on any atom is -0.314 e. The van der Waals surface area contributed by atoms with E-state index in [-0.39, 0.29) is 0 Å². The highest BCUT2D eigenvalue weighted by Gasteiger charge is 2.28. The zero-order valence-electron chi connectivity index (χ0n) is 11.6. The van der Waals surface area contributed by atoms with Gasteiger partial charge in [0.15, 0.2) is 9.84 Å². The zero-order valence-corrected chi connectivity index (χ0v) is 12.4. The van der Waals surface area contributed by atoms with Crippen molar-refractivity contribution in [1.82, 2.24) is 5.32 Å². The van der Waals surface area contributed by atoms with E-state index in [4.69, 9.17) is 0 Å². The third-order valence-corrected chi connectivity index (χ3v) is 6.10. The molecule has 1 rings (SSSR count). The molecule has 0 aromatic rings. The summed E-state index contributed by atoms with van der Waals surface area (Å²) >= 11 is 0. The van der Waals surface area contributed by atoms with Crippen LogP contribution in [0.3, 0.4) is 0 Å². The van der Waals surface area contributed by atoms with Crippen molar-refractivity contribution in [3.63, 3.8) is 0 Å². The molecule has 0 bridgehead atoms. The van der Waals surface area contributed by atoms with E-state index in [1.165, 1.54) is 12.8 Å². The highest BCUT2D eigenvalue weighted by atomic mass is 32.2. The summed E-state index contributed by atoms with van der Waals surface area (Å²) in [5, 5.41) is 3.47. The van der Waals surface area contributed by atoms with E-state index in [0.717, 1.165) is 25.4 Å². The van der Waals surface area contributed by atoms with E-state index >= 15 is 0 Å². The molecule has 0 spiro atoms. The molecule has 4 heteroatoms. The van der Waals surface area contributed by atoms with Crippen LogP contribution in [0.15, 0.2) is 0 Å². The zero-order chi connectivity index (χ0) is 13.1. The molecule has 1 aliphatic carbocycles. The molecule has 1 atom stereocenters. The van der Waals surface area contributed by atoms with Gasteiger partial charge in [0.25, 0.3) is 0 Å². The van der Waals surface area contributed by atoms with Crippen LogP contribution in [-0.2, 0) is 9.84 Å². The molecule has 1 saturated carbocycles. The normalized spacial score (nSPS) is 19.3. The summed E-state index contributed by atoms with van der Waals surface area (Å²) < 4.78 is 23.3. The third-order valence-electron chi connectivity index (χ3n) is 3.46. The fourth-order valence-corrected chi connectivity index (χ4v) is 2.95. The average molecular weight is 261 g/mol. The topological polar surface area (TPSA) is 46.2 Å². The first kappa shape index (κ1) is 15.0. The first-order chi connectivity index (χ1) is 7.72. The van der Waals surface area contributed by atoms with Gasteiger partial charge < -0.3 is 5.32 Å². The number of rotatable bonds is 7. The van der Waals surface area contributed by atoms with Crippen molar-refractivity contribution in [3.8, 4) is 0 Å². The van der Waals surface area contributed by atoms with Crippen LogP contribution in [0.4, 0.5) is 0 Å². The lowest BCUT2D eigenvalue weighted by atomic mass is 10.1. The molecule has 17 heavy (non-hydrogen) atoms. The molecule has 1 N–H and O–H groups in total. The molecule has 1 fully saturated rings. The minimum atomic E-state index is -2.94. The van der Waals surface area contributed by atoms with Gasteiger partial charge in [-0.3, -0.25) is 0 Å². The summed E-state index contributed by atoms with van der Waals surface area (Å²) in [4.78, 5) is 0. The van der Waals surface area contributed by atoms with E-state index in [9.17, 15) is 8.42 Å². The first-order valence-corrected chi connectivity index (χ1v) is 8.33. The van der Waals surface area contributed by atoms with Gasteiger partial charge in [-0.2, -0.15) is 0 Å². The molecule has 102 valence electrons. The second kappa shape index (κ2) is 5.70. The summed E-state index contributed by atoms with van der Waals surface area (Å²) in [6, 6.07) is 0.750. The van der Waals surface area contributed by atoms with Gasteiger partial charge in [-0.1, -0.05) is 6.92 Å². The lowest BCUT2D eigenvalue weighted by Crippen LogP contribution is -2.31. The Hall–Kier alpha value is -0.0900. The lowest BCUT2D eigenvalue weighted by molar-refractivity contribution is 0.480. The van der Waals surface area contributed by atoms with Gasteiger partial charge >= 0.3 is 0 Å². The molecule has 0 aliphatic heterocycles. The number of nitrogens with one attached hydrogen (secondary N) is 1. The smallest absolute Gasteiger partial charge is 0.155 e. The van der Waals surface area contributed by atoms with Crippen LogP contribution in [0.25, 0.3) is 0 Å². The highest BCUT2D eigenvalue weighted by Crippen LogP contribution is 2.21. The first-order valence-electron chi connectivity index (χ1n) is 6.68. The minimum absolute atomic E-state index is 0.321. The largest absolute Gasteiger partial charge is 0.314 e. The van der Waals surface area contributed by atoms with Gasteiger partial charge in [0.2, 0.25) is 0 Å². The van der Waals surface area contributed by atoms with Crippen LogP contribution in [0.5, 0.6) is 0 Å². The highest BCUT2D eigenvalue weighted by molar-refractivity contribution is 7.92. The van der Waals surface area contributed by atoms with Gasteiger partial charge in [-0.05, 0) is 58.9 Å². The van der Waals surface area contributed by atoms with E-state index < -0.39 is 14.6 Å². The fourth-order valence-electron chi connectivity index (χ4n) is 1.63.